The van der Waals surface area contributed by atoms with Gasteiger partial charge in [0, 0.05) is 44.8 Å². The topological polar surface area (TPSA) is 63.0 Å². The van der Waals surface area contributed by atoms with Crippen molar-refractivity contribution in [2.24, 2.45) is 0 Å². The lowest BCUT2D eigenvalue weighted by Crippen LogP contribution is -2.41. The van der Waals surface area contributed by atoms with E-state index in [1.54, 1.807) is 0 Å². The fourth-order valence-corrected chi connectivity index (χ4v) is 3.57. The predicted molar refractivity (Wildman–Crippen MR) is 106 cm³/mol. The van der Waals surface area contributed by atoms with Gasteiger partial charge in [-0.15, -0.1) is 0 Å². The number of aryl methyl sites for hydroxylation is 1. The van der Waals surface area contributed by atoms with Crippen molar-refractivity contribution in [3.63, 3.8) is 0 Å². The Labute approximate surface area is 164 Å². The SMILES string of the molecule is Cc1cnccc1CN(C)Cc1c(C(=O)N2CCOCC2)nc2ccccn12. The molecule has 28 heavy (non-hydrogen) atoms. The summed E-state index contributed by atoms with van der Waals surface area (Å²) >= 11 is 0. The number of imidazole rings is 1. The van der Waals surface area contributed by atoms with Crippen LogP contribution in [0, 0.1) is 6.92 Å². The van der Waals surface area contributed by atoms with Crippen molar-refractivity contribution in [1.29, 1.82) is 0 Å². The van der Waals surface area contributed by atoms with Crippen LogP contribution in [0.2, 0.25) is 0 Å². The molecule has 1 aliphatic rings. The van der Waals surface area contributed by atoms with Gasteiger partial charge in [0.25, 0.3) is 5.91 Å². The van der Waals surface area contributed by atoms with Crippen LogP contribution in [-0.2, 0) is 17.8 Å². The molecule has 4 rings (SSSR count). The summed E-state index contributed by atoms with van der Waals surface area (Å²) in [5, 5.41) is 0. The first kappa shape index (κ1) is 18.6. The molecule has 3 aromatic heterocycles. The Kier molecular flexibility index (Phi) is 5.36. The molecular weight excluding hydrogens is 354 g/mol. The van der Waals surface area contributed by atoms with E-state index in [1.807, 2.05) is 52.2 Å². The first-order chi connectivity index (χ1) is 13.6. The number of nitrogens with zero attached hydrogens (tertiary/aromatic N) is 5. The van der Waals surface area contributed by atoms with E-state index in [9.17, 15) is 4.79 Å². The Morgan fingerprint density at radius 2 is 2.04 bits per heavy atom. The largest absolute Gasteiger partial charge is 0.378 e. The van der Waals surface area contributed by atoms with Crippen LogP contribution >= 0.6 is 0 Å². The van der Waals surface area contributed by atoms with E-state index in [2.05, 4.69) is 28.8 Å². The molecule has 4 heterocycles. The second kappa shape index (κ2) is 8.08. The third kappa shape index (κ3) is 3.76. The summed E-state index contributed by atoms with van der Waals surface area (Å²) in [6.45, 7) is 5.84. The number of ether oxygens (including phenoxy) is 1. The van der Waals surface area contributed by atoms with Gasteiger partial charge in [-0.2, -0.15) is 0 Å². The number of amides is 1. The minimum atomic E-state index is -0.0181. The molecule has 0 saturated carbocycles. The second-order valence-corrected chi connectivity index (χ2v) is 7.21. The zero-order valence-corrected chi connectivity index (χ0v) is 16.3. The first-order valence-corrected chi connectivity index (χ1v) is 9.54. The van der Waals surface area contributed by atoms with Gasteiger partial charge in [-0.25, -0.2) is 4.98 Å². The standard InChI is InChI=1S/C21H25N5O2/c1-16-13-22-7-6-17(16)14-24(2)15-18-20(21(27)25-9-11-28-12-10-25)23-19-5-3-4-8-26(18)19/h3-8,13H,9-12,14-15H2,1-2H3. The Balaban J connectivity index is 1.63. The number of hydrogen-bond donors (Lipinski definition) is 0. The number of carbonyl (C=O) groups excluding carboxylic acids is 1. The van der Waals surface area contributed by atoms with Gasteiger partial charge in [-0.1, -0.05) is 6.07 Å². The summed E-state index contributed by atoms with van der Waals surface area (Å²) in [5.41, 5.74) is 4.64. The summed E-state index contributed by atoms with van der Waals surface area (Å²) < 4.78 is 7.40. The van der Waals surface area contributed by atoms with Crippen molar-refractivity contribution in [2.75, 3.05) is 33.4 Å². The number of rotatable bonds is 5. The van der Waals surface area contributed by atoms with Crippen LogP contribution in [0.3, 0.4) is 0 Å². The highest BCUT2D eigenvalue weighted by Gasteiger charge is 2.25. The summed E-state index contributed by atoms with van der Waals surface area (Å²) in [7, 11) is 2.06. The molecule has 7 nitrogen and oxygen atoms in total. The third-order valence-electron chi connectivity index (χ3n) is 5.13. The zero-order chi connectivity index (χ0) is 19.5. The van der Waals surface area contributed by atoms with E-state index < -0.39 is 0 Å². The van der Waals surface area contributed by atoms with Crippen LogP contribution in [0.5, 0.6) is 0 Å². The highest BCUT2D eigenvalue weighted by molar-refractivity contribution is 5.94. The molecular formula is C21H25N5O2. The Morgan fingerprint density at radius 1 is 1.21 bits per heavy atom. The molecule has 0 aliphatic carbocycles. The number of morpholine rings is 1. The van der Waals surface area contributed by atoms with Gasteiger partial charge in [0.1, 0.15) is 5.65 Å². The maximum atomic E-state index is 13.2. The van der Waals surface area contributed by atoms with Crippen molar-refractivity contribution in [3.8, 4) is 0 Å². The average molecular weight is 379 g/mol. The molecule has 0 N–H and O–H groups in total. The van der Waals surface area contributed by atoms with Crippen LogP contribution in [0.15, 0.2) is 42.9 Å². The van der Waals surface area contributed by atoms with Gasteiger partial charge < -0.3 is 14.0 Å². The van der Waals surface area contributed by atoms with Crippen LogP contribution in [0.4, 0.5) is 0 Å². The molecule has 0 aromatic carbocycles. The summed E-state index contributed by atoms with van der Waals surface area (Å²) in [6.07, 6.45) is 5.67. The van der Waals surface area contributed by atoms with Crippen molar-refractivity contribution >= 4 is 11.6 Å². The molecule has 0 atom stereocenters. The maximum Gasteiger partial charge on any atom is 0.274 e. The Morgan fingerprint density at radius 3 is 2.82 bits per heavy atom. The van der Waals surface area contributed by atoms with Gasteiger partial charge in [-0.3, -0.25) is 14.7 Å². The van der Waals surface area contributed by atoms with E-state index in [4.69, 9.17) is 4.74 Å². The lowest BCUT2D eigenvalue weighted by molar-refractivity contribution is 0.0298. The number of carbonyl (C=O) groups is 1. The lowest BCUT2D eigenvalue weighted by Gasteiger charge is -2.26. The molecule has 1 aliphatic heterocycles. The highest BCUT2D eigenvalue weighted by Crippen LogP contribution is 2.19. The van der Waals surface area contributed by atoms with Crippen molar-refractivity contribution in [2.45, 2.75) is 20.0 Å². The number of aromatic nitrogens is 3. The molecule has 0 bridgehead atoms. The zero-order valence-electron chi connectivity index (χ0n) is 16.3. The van der Waals surface area contributed by atoms with Gasteiger partial charge >= 0.3 is 0 Å². The smallest absolute Gasteiger partial charge is 0.274 e. The number of fused-ring (bicyclic) bond motifs is 1. The highest BCUT2D eigenvalue weighted by atomic mass is 16.5. The molecule has 0 spiro atoms. The van der Waals surface area contributed by atoms with Crippen LogP contribution < -0.4 is 0 Å². The van der Waals surface area contributed by atoms with Crippen molar-refractivity contribution < 1.29 is 9.53 Å². The van der Waals surface area contributed by atoms with E-state index in [-0.39, 0.29) is 5.91 Å². The minimum Gasteiger partial charge on any atom is -0.378 e. The van der Waals surface area contributed by atoms with E-state index >= 15 is 0 Å². The molecule has 3 aromatic rings. The number of hydrogen-bond acceptors (Lipinski definition) is 5. The second-order valence-electron chi connectivity index (χ2n) is 7.21. The number of pyridine rings is 2. The van der Waals surface area contributed by atoms with Crippen molar-refractivity contribution in [1.82, 2.24) is 24.2 Å². The molecule has 1 saturated heterocycles. The minimum absolute atomic E-state index is 0.0181. The molecule has 146 valence electrons. The normalized spacial score (nSPS) is 14.8. The van der Waals surface area contributed by atoms with Crippen LogP contribution in [-0.4, -0.2) is 63.4 Å². The first-order valence-electron chi connectivity index (χ1n) is 9.54. The Hall–Kier alpha value is -2.77. The van der Waals surface area contributed by atoms with Gasteiger partial charge in [-0.05, 0) is 43.3 Å². The molecule has 1 amide bonds. The van der Waals surface area contributed by atoms with E-state index in [0.29, 0.717) is 38.5 Å². The van der Waals surface area contributed by atoms with Gasteiger partial charge in [0.05, 0.1) is 18.9 Å². The van der Waals surface area contributed by atoms with Crippen molar-refractivity contribution in [3.05, 3.63) is 65.4 Å². The molecule has 0 unspecified atom stereocenters. The fraction of sp³-hybridized carbons (Fsp3) is 0.381. The van der Waals surface area contributed by atoms with Crippen LogP contribution in [0.1, 0.15) is 27.3 Å². The van der Waals surface area contributed by atoms with E-state index in [0.717, 1.165) is 23.4 Å². The fourth-order valence-electron chi connectivity index (χ4n) is 3.57. The third-order valence-corrected chi connectivity index (χ3v) is 5.13. The van der Waals surface area contributed by atoms with E-state index in [1.165, 1.54) is 5.56 Å². The molecule has 1 fully saturated rings. The predicted octanol–water partition coefficient (Wildman–Crippen LogP) is 2.14. The molecule has 7 heteroatoms. The van der Waals surface area contributed by atoms with Gasteiger partial charge in [0.15, 0.2) is 5.69 Å². The Bertz CT molecular complexity index is 978. The summed E-state index contributed by atoms with van der Waals surface area (Å²) in [5.74, 6) is -0.0181. The van der Waals surface area contributed by atoms with Gasteiger partial charge in [0.2, 0.25) is 0 Å². The quantitative estimate of drug-likeness (QED) is 0.680. The lowest BCUT2D eigenvalue weighted by atomic mass is 10.1. The summed E-state index contributed by atoms with van der Waals surface area (Å²) in [6, 6.07) is 7.89. The van der Waals surface area contributed by atoms with Crippen LogP contribution in [0.25, 0.3) is 5.65 Å². The maximum absolute atomic E-state index is 13.2. The monoisotopic (exact) mass is 379 g/mol. The summed E-state index contributed by atoms with van der Waals surface area (Å²) in [4.78, 5) is 26.0. The average Bonchev–Trinajstić information content (AvgIpc) is 3.08. The molecule has 0 radical (unpaired) electrons.